The molecule has 2 aliphatic rings. The Morgan fingerprint density at radius 1 is 1.33 bits per heavy atom. The highest BCUT2D eigenvalue weighted by atomic mass is 19.3. The first-order chi connectivity index (χ1) is 8.44. The van der Waals surface area contributed by atoms with Crippen LogP contribution in [-0.2, 0) is 0 Å². The van der Waals surface area contributed by atoms with Crippen LogP contribution in [0.2, 0.25) is 0 Å². The first-order valence-electron chi connectivity index (χ1n) is 6.31. The normalized spacial score (nSPS) is 27.9. The quantitative estimate of drug-likeness (QED) is 0.751. The number of amidine groups is 1. The molecule has 0 aromatic carbocycles. The highest BCUT2D eigenvalue weighted by Gasteiger charge is 2.42. The standard InChI is InChI=1S/C12H20F2N4/c1-17-7-12(13,14)8-18(9-4-2-3-5-9)11(16)10(17)6-15/h6,9,16H,2-5,7-8,15H2,1H3/b10-6+,16-11?. The minimum absolute atomic E-state index is 0.0600. The SMILES string of the molecule is CN1CC(F)(F)CN(C2CCCC2)C(=N)/C1=C\N. The van der Waals surface area contributed by atoms with Crippen molar-refractivity contribution >= 4 is 5.84 Å². The molecule has 0 aromatic heterocycles. The molecule has 0 bridgehead atoms. The van der Waals surface area contributed by atoms with Crippen LogP contribution in [0.25, 0.3) is 0 Å². The van der Waals surface area contributed by atoms with Crippen molar-refractivity contribution in [3.63, 3.8) is 0 Å². The maximum absolute atomic E-state index is 13.9. The number of likely N-dealkylation sites (N-methyl/N-ethyl adjacent to an activating group) is 1. The van der Waals surface area contributed by atoms with Crippen LogP contribution in [0.15, 0.2) is 11.9 Å². The van der Waals surface area contributed by atoms with Crippen molar-refractivity contribution in [1.29, 1.82) is 5.41 Å². The molecule has 2 fully saturated rings. The Morgan fingerprint density at radius 2 is 1.94 bits per heavy atom. The molecule has 0 unspecified atom stereocenters. The molecule has 18 heavy (non-hydrogen) atoms. The summed E-state index contributed by atoms with van der Waals surface area (Å²) in [5, 5.41) is 8.12. The zero-order valence-corrected chi connectivity index (χ0v) is 10.6. The van der Waals surface area contributed by atoms with Gasteiger partial charge in [-0.15, -0.1) is 0 Å². The topological polar surface area (TPSA) is 56.4 Å². The molecule has 2 rings (SSSR count). The summed E-state index contributed by atoms with van der Waals surface area (Å²) in [4.78, 5) is 2.91. The summed E-state index contributed by atoms with van der Waals surface area (Å²) in [5.41, 5.74) is 5.87. The largest absolute Gasteiger partial charge is 0.403 e. The van der Waals surface area contributed by atoms with Gasteiger partial charge in [0.25, 0.3) is 5.92 Å². The van der Waals surface area contributed by atoms with Crippen LogP contribution in [0.4, 0.5) is 8.78 Å². The average Bonchev–Trinajstić information content (AvgIpc) is 2.76. The zero-order chi connectivity index (χ0) is 13.3. The van der Waals surface area contributed by atoms with Gasteiger partial charge in [0.2, 0.25) is 0 Å². The summed E-state index contributed by atoms with van der Waals surface area (Å²) < 4.78 is 27.7. The highest BCUT2D eigenvalue weighted by molar-refractivity contribution is 5.95. The molecule has 0 spiro atoms. The summed E-state index contributed by atoms with van der Waals surface area (Å²) >= 11 is 0. The maximum atomic E-state index is 13.9. The van der Waals surface area contributed by atoms with Crippen molar-refractivity contribution in [1.82, 2.24) is 9.80 Å². The van der Waals surface area contributed by atoms with Crippen LogP contribution in [0.5, 0.6) is 0 Å². The van der Waals surface area contributed by atoms with Crippen molar-refractivity contribution in [2.45, 2.75) is 37.6 Å². The van der Waals surface area contributed by atoms with E-state index >= 15 is 0 Å². The van der Waals surface area contributed by atoms with Gasteiger partial charge in [0.05, 0.1) is 18.8 Å². The molecule has 1 aliphatic carbocycles. The molecule has 0 atom stereocenters. The van der Waals surface area contributed by atoms with E-state index in [0.717, 1.165) is 25.7 Å². The molecular formula is C12H20F2N4. The van der Waals surface area contributed by atoms with Crippen molar-refractivity contribution in [3.05, 3.63) is 11.9 Å². The number of rotatable bonds is 1. The fraction of sp³-hybridized carbons (Fsp3) is 0.750. The van der Waals surface area contributed by atoms with Crippen LogP contribution in [-0.4, -0.2) is 47.7 Å². The van der Waals surface area contributed by atoms with Gasteiger partial charge in [0, 0.05) is 19.3 Å². The summed E-state index contributed by atoms with van der Waals surface area (Å²) in [7, 11) is 1.55. The minimum atomic E-state index is -2.81. The third kappa shape index (κ3) is 2.42. The fourth-order valence-corrected chi connectivity index (χ4v) is 2.87. The molecule has 0 aromatic rings. The number of nitrogens with one attached hydrogen (secondary N) is 1. The fourth-order valence-electron chi connectivity index (χ4n) is 2.87. The van der Waals surface area contributed by atoms with Gasteiger partial charge in [-0.2, -0.15) is 0 Å². The molecule has 6 heteroatoms. The van der Waals surface area contributed by atoms with Crippen LogP contribution in [0.1, 0.15) is 25.7 Å². The Kier molecular flexibility index (Phi) is 3.45. The van der Waals surface area contributed by atoms with E-state index in [4.69, 9.17) is 11.1 Å². The Morgan fingerprint density at radius 3 is 2.50 bits per heavy atom. The van der Waals surface area contributed by atoms with Crippen molar-refractivity contribution in [2.24, 2.45) is 5.73 Å². The molecule has 1 saturated heterocycles. The predicted molar refractivity (Wildman–Crippen MR) is 66.5 cm³/mol. The Hall–Kier alpha value is -1.33. The third-order valence-corrected chi connectivity index (χ3v) is 3.73. The molecule has 0 amide bonds. The lowest BCUT2D eigenvalue weighted by molar-refractivity contribution is -0.0332. The van der Waals surface area contributed by atoms with E-state index in [-0.39, 0.29) is 25.0 Å². The van der Waals surface area contributed by atoms with Crippen LogP contribution >= 0.6 is 0 Å². The van der Waals surface area contributed by atoms with E-state index < -0.39 is 5.92 Å². The molecule has 1 aliphatic heterocycles. The van der Waals surface area contributed by atoms with Gasteiger partial charge in [0.1, 0.15) is 5.84 Å². The lowest BCUT2D eigenvalue weighted by Gasteiger charge is -2.31. The molecule has 0 radical (unpaired) electrons. The van der Waals surface area contributed by atoms with Gasteiger partial charge >= 0.3 is 0 Å². The lowest BCUT2D eigenvalue weighted by atomic mass is 10.2. The number of nitrogens with zero attached hydrogens (tertiary/aromatic N) is 2. The Bertz CT molecular complexity index is 361. The van der Waals surface area contributed by atoms with Gasteiger partial charge in [-0.1, -0.05) is 12.8 Å². The zero-order valence-electron chi connectivity index (χ0n) is 10.6. The summed E-state index contributed by atoms with van der Waals surface area (Å²) in [5.74, 6) is -2.68. The van der Waals surface area contributed by atoms with Crippen molar-refractivity contribution in [3.8, 4) is 0 Å². The molecule has 4 nitrogen and oxygen atoms in total. The predicted octanol–water partition coefficient (Wildman–Crippen LogP) is 1.59. The molecular weight excluding hydrogens is 238 g/mol. The Labute approximate surface area is 106 Å². The number of hydrogen-bond acceptors (Lipinski definition) is 3. The summed E-state index contributed by atoms with van der Waals surface area (Å²) in [6, 6.07) is 0.0600. The van der Waals surface area contributed by atoms with Crippen LogP contribution in [0.3, 0.4) is 0 Å². The van der Waals surface area contributed by atoms with Crippen molar-refractivity contribution < 1.29 is 8.78 Å². The van der Waals surface area contributed by atoms with Gasteiger partial charge < -0.3 is 15.5 Å². The molecule has 102 valence electrons. The molecule has 1 heterocycles. The summed E-state index contributed by atoms with van der Waals surface area (Å²) in [6.45, 7) is -0.764. The van der Waals surface area contributed by atoms with Gasteiger partial charge in [0.15, 0.2) is 0 Å². The summed E-state index contributed by atoms with van der Waals surface area (Å²) in [6.07, 6.45) is 5.14. The second kappa shape index (κ2) is 4.74. The smallest absolute Gasteiger partial charge is 0.282 e. The van der Waals surface area contributed by atoms with E-state index in [0.29, 0.717) is 5.70 Å². The van der Waals surface area contributed by atoms with Gasteiger partial charge in [-0.05, 0) is 12.8 Å². The van der Waals surface area contributed by atoms with E-state index in [1.807, 2.05) is 0 Å². The first-order valence-corrected chi connectivity index (χ1v) is 6.31. The lowest BCUT2D eigenvalue weighted by Crippen LogP contribution is -2.45. The number of hydrogen-bond donors (Lipinski definition) is 2. The monoisotopic (exact) mass is 258 g/mol. The average molecular weight is 258 g/mol. The van der Waals surface area contributed by atoms with E-state index in [1.165, 1.54) is 16.0 Å². The second-order valence-electron chi connectivity index (χ2n) is 5.18. The minimum Gasteiger partial charge on any atom is -0.403 e. The van der Waals surface area contributed by atoms with Gasteiger partial charge in [-0.3, -0.25) is 5.41 Å². The Balaban J connectivity index is 2.28. The van der Waals surface area contributed by atoms with E-state index in [1.54, 1.807) is 7.05 Å². The third-order valence-electron chi connectivity index (χ3n) is 3.73. The van der Waals surface area contributed by atoms with Gasteiger partial charge in [-0.25, -0.2) is 8.78 Å². The number of halogens is 2. The van der Waals surface area contributed by atoms with E-state index in [2.05, 4.69) is 0 Å². The second-order valence-corrected chi connectivity index (χ2v) is 5.18. The first kappa shape index (κ1) is 13.1. The number of nitrogens with two attached hydrogens (primary N) is 1. The van der Waals surface area contributed by atoms with E-state index in [9.17, 15) is 8.78 Å². The van der Waals surface area contributed by atoms with Crippen LogP contribution < -0.4 is 5.73 Å². The van der Waals surface area contributed by atoms with Crippen LogP contribution in [0, 0.1) is 5.41 Å². The molecule has 1 saturated carbocycles. The highest BCUT2D eigenvalue weighted by Crippen LogP contribution is 2.31. The maximum Gasteiger partial charge on any atom is 0.282 e. The molecule has 3 N–H and O–H groups in total. The van der Waals surface area contributed by atoms with Crippen molar-refractivity contribution in [2.75, 3.05) is 20.1 Å². The number of alkyl halides is 2.